The number of fused-ring (bicyclic) bond motifs is 1. The number of hydrogen-bond acceptors (Lipinski definition) is 6. The number of amides is 1. The predicted octanol–water partition coefficient (Wildman–Crippen LogP) is 3.64. The Morgan fingerprint density at radius 1 is 1.23 bits per heavy atom. The summed E-state index contributed by atoms with van der Waals surface area (Å²) in [5.74, 6) is -0.529. The summed E-state index contributed by atoms with van der Waals surface area (Å²) >= 11 is 6.00. The molecule has 1 aromatic heterocycles. The lowest BCUT2D eigenvalue weighted by molar-refractivity contribution is -0.120. The zero-order valence-corrected chi connectivity index (χ0v) is 20.7. The first-order valence-electron chi connectivity index (χ1n) is 10.9. The van der Waals surface area contributed by atoms with E-state index in [1.54, 1.807) is 11.1 Å². The summed E-state index contributed by atoms with van der Waals surface area (Å²) in [5, 5.41) is 4.82. The fourth-order valence-electron chi connectivity index (χ4n) is 4.07. The van der Waals surface area contributed by atoms with Crippen LogP contribution in [0.5, 0.6) is 5.75 Å². The van der Waals surface area contributed by atoms with Crippen LogP contribution in [-0.4, -0.2) is 55.1 Å². The van der Waals surface area contributed by atoms with Crippen molar-refractivity contribution in [1.82, 2.24) is 14.7 Å². The van der Waals surface area contributed by atoms with Crippen LogP contribution >= 0.6 is 11.6 Å². The molecule has 0 saturated carbocycles. The molecular formula is C24H23ClFN3O5S. The Labute approximate surface area is 207 Å². The first kappa shape index (κ1) is 23.8. The van der Waals surface area contributed by atoms with Gasteiger partial charge in [0, 0.05) is 35.0 Å². The standard InChI is InChI=1S/C24H23ClFN3O5S/c1-24(12-33-13-24)14-34-22-6-4-17(35(2,31)32)8-18(22)23(30)28-9-15-10-29(27-20(15)11-28)21-7-16(25)3-5-19(21)26/h3-8,10H,9,11-14H2,1-2H3. The van der Waals surface area contributed by atoms with Crippen molar-refractivity contribution >= 4 is 27.3 Å². The second-order valence-electron chi connectivity index (χ2n) is 9.32. The molecule has 3 aromatic rings. The molecule has 35 heavy (non-hydrogen) atoms. The van der Waals surface area contributed by atoms with E-state index in [4.69, 9.17) is 21.1 Å². The van der Waals surface area contributed by atoms with E-state index in [0.29, 0.717) is 36.3 Å². The minimum absolute atomic E-state index is 0.0324. The monoisotopic (exact) mass is 519 g/mol. The highest BCUT2D eigenvalue weighted by Gasteiger charge is 2.35. The maximum atomic E-state index is 14.3. The number of carbonyl (C=O) groups excluding carboxylic acids is 1. The number of aromatic nitrogens is 2. The first-order chi connectivity index (χ1) is 16.5. The topological polar surface area (TPSA) is 90.7 Å². The van der Waals surface area contributed by atoms with E-state index in [-0.39, 0.29) is 40.6 Å². The van der Waals surface area contributed by atoms with Gasteiger partial charge in [-0.1, -0.05) is 18.5 Å². The average Bonchev–Trinajstić information content (AvgIpc) is 3.36. The van der Waals surface area contributed by atoms with Gasteiger partial charge in [0.25, 0.3) is 5.91 Å². The van der Waals surface area contributed by atoms with Gasteiger partial charge in [-0.05, 0) is 36.4 Å². The molecule has 1 fully saturated rings. The van der Waals surface area contributed by atoms with E-state index >= 15 is 0 Å². The number of hydrogen-bond donors (Lipinski definition) is 0. The van der Waals surface area contributed by atoms with Gasteiger partial charge in [0.2, 0.25) is 0 Å². The van der Waals surface area contributed by atoms with E-state index < -0.39 is 15.7 Å². The summed E-state index contributed by atoms with van der Waals surface area (Å²) in [5.41, 5.74) is 1.61. The molecule has 0 N–H and O–H groups in total. The lowest BCUT2D eigenvalue weighted by atomic mass is 9.90. The van der Waals surface area contributed by atoms with Crippen molar-refractivity contribution in [2.45, 2.75) is 24.9 Å². The number of ether oxygens (including phenoxy) is 2. The van der Waals surface area contributed by atoms with Crippen LogP contribution in [0.25, 0.3) is 5.69 Å². The van der Waals surface area contributed by atoms with Gasteiger partial charge >= 0.3 is 0 Å². The normalized spacial score (nSPS) is 16.6. The molecule has 5 rings (SSSR count). The van der Waals surface area contributed by atoms with Gasteiger partial charge < -0.3 is 14.4 Å². The SMILES string of the molecule is CC1(COc2ccc(S(C)(=O)=O)cc2C(=O)N2Cc3cn(-c4cc(Cl)ccc4F)nc3C2)COC1. The van der Waals surface area contributed by atoms with Crippen LogP contribution in [0.4, 0.5) is 4.39 Å². The van der Waals surface area contributed by atoms with Crippen molar-refractivity contribution in [2.75, 3.05) is 26.1 Å². The van der Waals surface area contributed by atoms with Crippen LogP contribution in [0.3, 0.4) is 0 Å². The molecule has 0 spiro atoms. The van der Waals surface area contributed by atoms with Gasteiger partial charge in [-0.3, -0.25) is 4.79 Å². The van der Waals surface area contributed by atoms with Crippen LogP contribution in [-0.2, 0) is 27.7 Å². The van der Waals surface area contributed by atoms with Crippen LogP contribution < -0.4 is 4.74 Å². The molecule has 0 unspecified atom stereocenters. The average molecular weight is 520 g/mol. The summed E-state index contributed by atoms with van der Waals surface area (Å²) in [7, 11) is -3.53. The van der Waals surface area contributed by atoms with E-state index in [1.807, 2.05) is 6.92 Å². The smallest absolute Gasteiger partial charge is 0.258 e. The summed E-state index contributed by atoms with van der Waals surface area (Å²) < 4.78 is 51.2. The minimum Gasteiger partial charge on any atom is -0.492 e. The molecule has 3 heterocycles. The molecule has 2 aliphatic heterocycles. The molecule has 0 radical (unpaired) electrons. The molecule has 2 aliphatic rings. The second kappa shape index (κ2) is 8.61. The maximum absolute atomic E-state index is 14.3. The van der Waals surface area contributed by atoms with Crippen molar-refractivity contribution in [3.05, 3.63) is 70.3 Å². The minimum atomic E-state index is -3.53. The Bertz CT molecular complexity index is 1410. The number of halogens is 2. The fraction of sp³-hybridized carbons (Fsp3) is 0.333. The third-order valence-corrected chi connectivity index (χ3v) is 7.45. The van der Waals surface area contributed by atoms with Gasteiger partial charge in [0.05, 0.1) is 42.5 Å². The highest BCUT2D eigenvalue weighted by molar-refractivity contribution is 7.90. The van der Waals surface area contributed by atoms with Gasteiger partial charge in [0.15, 0.2) is 9.84 Å². The zero-order valence-electron chi connectivity index (χ0n) is 19.1. The summed E-state index contributed by atoms with van der Waals surface area (Å²) in [4.78, 5) is 15.1. The number of sulfone groups is 1. The van der Waals surface area contributed by atoms with Gasteiger partial charge in [-0.2, -0.15) is 5.10 Å². The molecule has 8 nitrogen and oxygen atoms in total. The highest BCUT2D eigenvalue weighted by atomic mass is 35.5. The molecule has 0 bridgehead atoms. The number of rotatable bonds is 6. The molecule has 2 aromatic carbocycles. The quantitative estimate of drug-likeness (QED) is 0.494. The molecule has 184 valence electrons. The van der Waals surface area contributed by atoms with Crippen molar-refractivity contribution in [2.24, 2.45) is 5.41 Å². The van der Waals surface area contributed by atoms with E-state index in [0.717, 1.165) is 11.8 Å². The number of carbonyl (C=O) groups is 1. The third kappa shape index (κ3) is 4.65. The fourth-order valence-corrected chi connectivity index (χ4v) is 4.88. The first-order valence-corrected chi connectivity index (χ1v) is 13.2. The molecule has 0 aliphatic carbocycles. The summed E-state index contributed by atoms with van der Waals surface area (Å²) in [6, 6.07) is 8.52. The second-order valence-corrected chi connectivity index (χ2v) is 11.8. The predicted molar refractivity (Wildman–Crippen MR) is 126 cm³/mol. The molecule has 0 atom stereocenters. The van der Waals surface area contributed by atoms with Crippen LogP contribution in [0.1, 0.15) is 28.5 Å². The van der Waals surface area contributed by atoms with E-state index in [9.17, 15) is 17.6 Å². The Kier molecular flexibility index (Phi) is 5.85. The van der Waals surface area contributed by atoms with Gasteiger partial charge in [-0.15, -0.1) is 0 Å². The third-order valence-electron chi connectivity index (χ3n) is 6.11. The lowest BCUT2D eigenvalue weighted by Crippen LogP contribution is -2.44. The Hall–Kier alpha value is -2.95. The maximum Gasteiger partial charge on any atom is 0.258 e. The van der Waals surface area contributed by atoms with Crippen LogP contribution in [0.15, 0.2) is 47.5 Å². The van der Waals surface area contributed by atoms with Crippen molar-refractivity contribution < 1.29 is 27.1 Å². The largest absolute Gasteiger partial charge is 0.492 e. The Balaban J connectivity index is 1.40. The molecule has 1 amide bonds. The highest BCUT2D eigenvalue weighted by Crippen LogP contribution is 2.32. The van der Waals surface area contributed by atoms with E-state index in [1.165, 1.54) is 41.1 Å². The van der Waals surface area contributed by atoms with Crippen molar-refractivity contribution in [3.8, 4) is 11.4 Å². The number of nitrogens with zero attached hydrogens (tertiary/aromatic N) is 3. The van der Waals surface area contributed by atoms with Crippen LogP contribution in [0, 0.1) is 11.2 Å². The summed E-state index contributed by atoms with van der Waals surface area (Å²) in [6.45, 7) is 3.90. The summed E-state index contributed by atoms with van der Waals surface area (Å²) in [6.07, 6.45) is 2.76. The number of benzene rings is 2. The van der Waals surface area contributed by atoms with E-state index in [2.05, 4.69) is 5.10 Å². The lowest BCUT2D eigenvalue weighted by Gasteiger charge is -2.37. The molecule has 11 heteroatoms. The van der Waals surface area contributed by atoms with Gasteiger partial charge in [-0.25, -0.2) is 17.5 Å². The Morgan fingerprint density at radius 2 is 2.00 bits per heavy atom. The van der Waals surface area contributed by atoms with Gasteiger partial charge in [0.1, 0.15) is 17.3 Å². The molecular weight excluding hydrogens is 497 g/mol. The van der Waals surface area contributed by atoms with Crippen molar-refractivity contribution in [1.29, 1.82) is 0 Å². The molecule has 1 saturated heterocycles. The zero-order chi connectivity index (χ0) is 25.0. The van der Waals surface area contributed by atoms with Crippen molar-refractivity contribution in [3.63, 3.8) is 0 Å². The Morgan fingerprint density at radius 3 is 2.66 bits per heavy atom. The van der Waals surface area contributed by atoms with Crippen LogP contribution in [0.2, 0.25) is 5.02 Å².